The fourth-order valence-corrected chi connectivity index (χ4v) is 2.41. The van der Waals surface area contributed by atoms with Crippen LogP contribution in [0.2, 0.25) is 0 Å². The van der Waals surface area contributed by atoms with Gasteiger partial charge in [-0.1, -0.05) is 12.2 Å². The van der Waals surface area contributed by atoms with Crippen LogP contribution in [0.1, 0.15) is 34.1 Å². The number of rotatable bonds is 6. The van der Waals surface area contributed by atoms with E-state index in [1.165, 1.54) is 14.2 Å². The van der Waals surface area contributed by atoms with E-state index in [0.29, 0.717) is 17.6 Å². The summed E-state index contributed by atoms with van der Waals surface area (Å²) in [5, 5.41) is 7.16. The third-order valence-electron chi connectivity index (χ3n) is 4.05. The van der Waals surface area contributed by atoms with E-state index in [4.69, 9.17) is 14.9 Å². The molecule has 1 aliphatic carbocycles. The molecule has 0 heterocycles. The van der Waals surface area contributed by atoms with E-state index in [2.05, 4.69) is 5.87 Å². The average Bonchev–Trinajstić information content (AvgIpc) is 2.59. The monoisotopic (exact) mass is 329 g/mol. The molecule has 0 aliphatic heterocycles. The van der Waals surface area contributed by atoms with E-state index in [1.807, 2.05) is 26.0 Å². The van der Waals surface area contributed by atoms with Gasteiger partial charge < -0.3 is 9.47 Å². The Labute approximate surface area is 142 Å². The number of allylic oxidation sites excluding steroid dienone is 7. The summed E-state index contributed by atoms with van der Waals surface area (Å²) in [4.78, 5) is 25.2. The molecule has 5 heteroatoms. The molecule has 128 valence electrons. The Morgan fingerprint density at radius 2 is 1.67 bits per heavy atom. The van der Waals surface area contributed by atoms with Crippen LogP contribution in [0, 0.1) is 5.41 Å². The first-order chi connectivity index (χ1) is 11.3. The lowest BCUT2D eigenvalue weighted by Crippen LogP contribution is -2.25. The van der Waals surface area contributed by atoms with Gasteiger partial charge in [0.2, 0.25) is 23.1 Å². The Morgan fingerprint density at radius 1 is 1.12 bits per heavy atom. The average molecular weight is 329 g/mol. The van der Waals surface area contributed by atoms with Crippen molar-refractivity contribution in [1.29, 1.82) is 5.41 Å². The molecule has 0 bridgehead atoms. The van der Waals surface area contributed by atoms with Crippen molar-refractivity contribution in [3.8, 4) is 0 Å². The molecule has 0 aromatic carbocycles. The molecule has 0 aromatic heterocycles. The van der Waals surface area contributed by atoms with Crippen molar-refractivity contribution in [2.24, 2.45) is 0 Å². The van der Waals surface area contributed by atoms with Gasteiger partial charge in [0.15, 0.2) is 0 Å². The molecule has 0 fully saturated rings. The summed E-state index contributed by atoms with van der Waals surface area (Å²) in [6.07, 6.45) is 4.18. The number of ketones is 2. The summed E-state index contributed by atoms with van der Waals surface area (Å²) in [7, 11) is 2.68. The SMILES string of the molecule is C/C=C(\C/C=C(\C)C(C)=C=N)C1=C(C)C(=O)C(OC)=C(OC)C1=O. The number of hydrogen-bond donors (Lipinski definition) is 1. The fraction of sp³-hybridized carbons (Fsp3) is 0.368. The van der Waals surface area contributed by atoms with Crippen LogP contribution >= 0.6 is 0 Å². The minimum Gasteiger partial charge on any atom is -0.489 e. The molecule has 0 atom stereocenters. The van der Waals surface area contributed by atoms with Crippen molar-refractivity contribution in [2.75, 3.05) is 14.2 Å². The minimum absolute atomic E-state index is 0.0616. The quantitative estimate of drug-likeness (QED) is 0.460. The Kier molecular flexibility index (Phi) is 6.69. The zero-order valence-corrected chi connectivity index (χ0v) is 15.0. The maximum absolute atomic E-state index is 12.7. The van der Waals surface area contributed by atoms with Crippen molar-refractivity contribution in [3.63, 3.8) is 0 Å². The van der Waals surface area contributed by atoms with Crippen LogP contribution in [-0.2, 0) is 19.1 Å². The van der Waals surface area contributed by atoms with Crippen LogP contribution in [0.3, 0.4) is 0 Å². The molecule has 0 saturated carbocycles. The lowest BCUT2D eigenvalue weighted by Gasteiger charge is -2.21. The first-order valence-corrected chi connectivity index (χ1v) is 7.55. The first-order valence-electron chi connectivity index (χ1n) is 7.55. The second-order valence-corrected chi connectivity index (χ2v) is 5.38. The Hall–Kier alpha value is -2.65. The zero-order chi connectivity index (χ0) is 18.4. The lowest BCUT2D eigenvalue weighted by molar-refractivity contribution is -0.121. The van der Waals surface area contributed by atoms with Gasteiger partial charge in [-0.15, -0.1) is 0 Å². The maximum atomic E-state index is 12.7. The molecule has 0 radical (unpaired) electrons. The molecule has 24 heavy (non-hydrogen) atoms. The number of carbonyl (C=O) groups excluding carboxylic acids is 2. The number of hydrogen-bond acceptors (Lipinski definition) is 5. The van der Waals surface area contributed by atoms with E-state index in [9.17, 15) is 9.59 Å². The van der Waals surface area contributed by atoms with Gasteiger partial charge in [-0.3, -0.25) is 15.0 Å². The van der Waals surface area contributed by atoms with Crippen LogP contribution < -0.4 is 0 Å². The molecule has 0 amide bonds. The topological polar surface area (TPSA) is 76.5 Å². The molecular weight excluding hydrogens is 306 g/mol. The zero-order valence-electron chi connectivity index (χ0n) is 15.0. The second-order valence-electron chi connectivity index (χ2n) is 5.38. The van der Waals surface area contributed by atoms with Gasteiger partial charge in [-0.2, -0.15) is 0 Å². The molecule has 5 nitrogen and oxygen atoms in total. The van der Waals surface area contributed by atoms with E-state index in [0.717, 1.165) is 16.7 Å². The molecule has 0 spiro atoms. The van der Waals surface area contributed by atoms with Gasteiger partial charge in [0.25, 0.3) is 0 Å². The van der Waals surface area contributed by atoms with Crippen LogP contribution in [0.4, 0.5) is 0 Å². The van der Waals surface area contributed by atoms with Gasteiger partial charge in [0.05, 0.1) is 14.2 Å². The number of ether oxygens (including phenoxy) is 2. The van der Waals surface area contributed by atoms with Crippen LogP contribution in [0.5, 0.6) is 0 Å². The van der Waals surface area contributed by atoms with E-state index in [1.54, 1.807) is 13.8 Å². The third kappa shape index (κ3) is 3.63. The molecule has 1 N–H and O–H groups in total. The van der Waals surface area contributed by atoms with Crippen molar-refractivity contribution >= 4 is 17.4 Å². The van der Waals surface area contributed by atoms with Gasteiger partial charge >= 0.3 is 0 Å². The highest BCUT2D eigenvalue weighted by atomic mass is 16.5. The fourth-order valence-electron chi connectivity index (χ4n) is 2.41. The third-order valence-corrected chi connectivity index (χ3v) is 4.05. The highest BCUT2D eigenvalue weighted by molar-refractivity contribution is 6.25. The summed E-state index contributed by atoms with van der Waals surface area (Å²) in [5.41, 5.74) is 3.04. The van der Waals surface area contributed by atoms with E-state index >= 15 is 0 Å². The smallest absolute Gasteiger partial charge is 0.232 e. The van der Waals surface area contributed by atoms with Crippen molar-refractivity contribution in [1.82, 2.24) is 0 Å². The highest BCUT2D eigenvalue weighted by Crippen LogP contribution is 2.31. The van der Waals surface area contributed by atoms with Crippen molar-refractivity contribution < 1.29 is 19.1 Å². The second kappa shape index (κ2) is 8.27. The summed E-state index contributed by atoms with van der Waals surface area (Å²) in [6.45, 7) is 7.11. The highest BCUT2D eigenvalue weighted by Gasteiger charge is 2.35. The Bertz CT molecular complexity index is 741. The largest absolute Gasteiger partial charge is 0.489 e. The van der Waals surface area contributed by atoms with Gasteiger partial charge in [-0.25, -0.2) is 0 Å². The van der Waals surface area contributed by atoms with Crippen molar-refractivity contribution in [2.45, 2.75) is 34.1 Å². The summed E-state index contributed by atoms with van der Waals surface area (Å²) >= 11 is 0. The first kappa shape index (κ1) is 19.4. The number of nitrogens with one attached hydrogen (secondary N) is 1. The number of Topliss-reactive ketones (excluding diaryl/α,β-unsaturated/α-hetero) is 2. The number of methoxy groups -OCH3 is 2. The standard InChI is InChI=1S/C19H23NO4/c1-7-14(9-8-11(2)12(3)10-20)15-13(4)16(21)18(23-5)19(24-6)17(15)22/h7-8,20H,9H2,1-6H3/b11-8+,14-7+. The molecule has 0 aromatic rings. The summed E-state index contributed by atoms with van der Waals surface area (Å²) in [5.74, 6) is 1.51. The van der Waals surface area contributed by atoms with Crippen LogP contribution in [-0.4, -0.2) is 31.7 Å². The lowest BCUT2D eigenvalue weighted by atomic mass is 9.86. The van der Waals surface area contributed by atoms with Crippen LogP contribution in [0.25, 0.3) is 0 Å². The Balaban J connectivity index is 3.33. The van der Waals surface area contributed by atoms with Crippen LogP contribution in [0.15, 0.2) is 51.5 Å². The molecule has 0 unspecified atom stereocenters. The van der Waals surface area contributed by atoms with Gasteiger partial charge in [0, 0.05) is 16.7 Å². The Morgan fingerprint density at radius 3 is 2.12 bits per heavy atom. The summed E-state index contributed by atoms with van der Waals surface area (Å²) < 4.78 is 10.1. The van der Waals surface area contributed by atoms with Crippen molar-refractivity contribution in [3.05, 3.63) is 51.5 Å². The predicted octanol–water partition coefficient (Wildman–Crippen LogP) is 3.44. The normalized spacial score (nSPS) is 16.4. The van der Waals surface area contributed by atoms with Gasteiger partial charge in [-0.05, 0) is 51.1 Å². The molecule has 0 saturated heterocycles. The van der Waals surface area contributed by atoms with Gasteiger partial charge in [0.1, 0.15) is 0 Å². The van der Waals surface area contributed by atoms with E-state index in [-0.39, 0.29) is 23.1 Å². The van der Waals surface area contributed by atoms with E-state index < -0.39 is 0 Å². The minimum atomic E-state index is -0.357. The molecule has 1 rings (SSSR count). The maximum Gasteiger partial charge on any atom is 0.232 e. The summed E-state index contributed by atoms with van der Waals surface area (Å²) in [6, 6.07) is 0. The molecular formula is C19H23NO4. The number of carbonyl (C=O) groups is 2. The molecule has 1 aliphatic rings. The predicted molar refractivity (Wildman–Crippen MR) is 92.8 cm³/mol.